The summed E-state index contributed by atoms with van der Waals surface area (Å²) in [6.07, 6.45) is -0.0549. The van der Waals surface area contributed by atoms with Crippen LogP contribution in [-0.4, -0.2) is 16.3 Å². The van der Waals surface area contributed by atoms with E-state index in [1.807, 2.05) is 30.3 Å². The quantitative estimate of drug-likeness (QED) is 0.751. The normalized spacial score (nSPS) is 12.2. The van der Waals surface area contributed by atoms with Gasteiger partial charge in [-0.25, -0.2) is 0 Å². The molecule has 0 spiro atoms. The number of hydrogen-bond donors (Lipinski definition) is 1. The first-order chi connectivity index (χ1) is 6.18. The number of rotatable bonds is 3. The predicted octanol–water partition coefficient (Wildman–Crippen LogP) is 2.16. The number of benzene rings is 1. The van der Waals surface area contributed by atoms with E-state index in [1.54, 1.807) is 6.92 Å². The lowest BCUT2D eigenvalue weighted by molar-refractivity contribution is 0.199. The number of aliphatic hydroxyl groups excluding tert-OH is 1. The van der Waals surface area contributed by atoms with E-state index in [-0.39, 0.29) is 0 Å². The van der Waals surface area contributed by atoms with E-state index in [0.717, 1.165) is 0 Å². The van der Waals surface area contributed by atoms with Gasteiger partial charge in [-0.3, -0.25) is 0 Å². The molecule has 0 saturated carbocycles. The summed E-state index contributed by atoms with van der Waals surface area (Å²) in [5.41, 5.74) is 0. The van der Waals surface area contributed by atoms with Gasteiger partial charge >= 0.3 is 0 Å². The Kier molecular flexibility index (Phi) is 3.86. The van der Waals surface area contributed by atoms with Crippen molar-refractivity contribution in [3.63, 3.8) is 0 Å². The Morgan fingerprint density at radius 1 is 1.46 bits per heavy atom. The van der Waals surface area contributed by atoms with Crippen LogP contribution in [-0.2, 0) is 0 Å². The number of ether oxygens (including phenoxy) is 1. The Morgan fingerprint density at radius 3 is 2.62 bits per heavy atom. The van der Waals surface area contributed by atoms with Gasteiger partial charge in [-0.15, -0.1) is 0 Å². The Bertz CT molecular complexity index is 270. The highest BCUT2D eigenvalue weighted by atomic mass is 32.1. The van der Waals surface area contributed by atoms with Gasteiger partial charge in [0.05, 0.1) is 6.10 Å². The number of hydrogen-bond acceptors (Lipinski definition) is 3. The van der Waals surface area contributed by atoms with E-state index in [0.29, 0.717) is 17.2 Å². The van der Waals surface area contributed by atoms with Crippen molar-refractivity contribution in [2.24, 2.45) is 0 Å². The van der Waals surface area contributed by atoms with Crippen LogP contribution in [0.3, 0.4) is 0 Å². The molecular weight excluding hydrogens is 184 g/mol. The average molecular weight is 196 g/mol. The van der Waals surface area contributed by atoms with Crippen LogP contribution >= 0.6 is 12.2 Å². The van der Waals surface area contributed by atoms with Crippen LogP contribution in [0, 0.1) is 0 Å². The van der Waals surface area contributed by atoms with Crippen LogP contribution in [0.5, 0.6) is 5.75 Å². The third-order valence-corrected chi connectivity index (χ3v) is 1.69. The van der Waals surface area contributed by atoms with Crippen LogP contribution in [0.2, 0.25) is 0 Å². The molecule has 1 atom stereocenters. The van der Waals surface area contributed by atoms with Gasteiger partial charge in [-0.05, 0) is 31.3 Å². The van der Waals surface area contributed by atoms with E-state index >= 15 is 0 Å². The molecule has 0 heterocycles. The fraction of sp³-hybridized carbons (Fsp3) is 0.300. The second-order valence-electron chi connectivity index (χ2n) is 2.84. The fourth-order valence-electron chi connectivity index (χ4n) is 0.903. The van der Waals surface area contributed by atoms with Gasteiger partial charge < -0.3 is 9.84 Å². The second kappa shape index (κ2) is 4.94. The standard InChI is InChI=1S/C10H12O2S/c1-8(11)7-10(13)12-9-5-3-2-4-6-9/h2-6,8,11H,7H2,1H3. The third-order valence-electron chi connectivity index (χ3n) is 1.44. The summed E-state index contributed by atoms with van der Waals surface area (Å²) in [5.74, 6) is 0.716. The minimum atomic E-state index is -0.448. The molecule has 0 aliphatic heterocycles. The van der Waals surface area contributed by atoms with Crippen LogP contribution in [0.4, 0.5) is 0 Å². The van der Waals surface area contributed by atoms with Gasteiger partial charge in [0.15, 0.2) is 5.05 Å². The Balaban J connectivity index is 2.46. The molecule has 13 heavy (non-hydrogen) atoms. The topological polar surface area (TPSA) is 29.5 Å². The first-order valence-electron chi connectivity index (χ1n) is 4.12. The summed E-state index contributed by atoms with van der Waals surface area (Å²) in [6, 6.07) is 9.31. The highest BCUT2D eigenvalue weighted by Crippen LogP contribution is 2.10. The lowest BCUT2D eigenvalue weighted by atomic mass is 10.3. The zero-order chi connectivity index (χ0) is 9.68. The molecule has 1 unspecified atom stereocenters. The van der Waals surface area contributed by atoms with Crippen LogP contribution in [0.15, 0.2) is 30.3 Å². The molecular formula is C10H12O2S. The molecule has 0 aliphatic carbocycles. The largest absolute Gasteiger partial charge is 0.450 e. The van der Waals surface area contributed by atoms with Crippen LogP contribution in [0.1, 0.15) is 13.3 Å². The van der Waals surface area contributed by atoms with Crippen molar-refractivity contribution in [2.45, 2.75) is 19.4 Å². The monoisotopic (exact) mass is 196 g/mol. The molecule has 0 aromatic heterocycles. The zero-order valence-corrected chi connectivity index (χ0v) is 8.25. The molecule has 1 N–H and O–H groups in total. The molecule has 1 aromatic rings. The first kappa shape index (κ1) is 10.2. The van der Waals surface area contributed by atoms with Crippen molar-refractivity contribution in [3.8, 4) is 5.75 Å². The summed E-state index contributed by atoms with van der Waals surface area (Å²) >= 11 is 4.93. The van der Waals surface area contributed by atoms with Crippen molar-refractivity contribution in [2.75, 3.05) is 0 Å². The number of aliphatic hydroxyl groups is 1. The van der Waals surface area contributed by atoms with Crippen molar-refractivity contribution in [1.29, 1.82) is 0 Å². The molecule has 70 valence electrons. The SMILES string of the molecule is CC(O)CC(=S)Oc1ccccc1. The van der Waals surface area contributed by atoms with E-state index in [4.69, 9.17) is 22.1 Å². The summed E-state index contributed by atoms with van der Waals surface area (Å²) in [7, 11) is 0. The van der Waals surface area contributed by atoms with Gasteiger partial charge in [-0.2, -0.15) is 0 Å². The first-order valence-corrected chi connectivity index (χ1v) is 4.53. The smallest absolute Gasteiger partial charge is 0.169 e. The number of thiocarbonyl (C=S) groups is 1. The van der Waals surface area contributed by atoms with Crippen molar-refractivity contribution in [1.82, 2.24) is 0 Å². The number of para-hydroxylation sites is 1. The van der Waals surface area contributed by atoms with Crippen molar-refractivity contribution < 1.29 is 9.84 Å². The molecule has 1 rings (SSSR count). The van der Waals surface area contributed by atoms with Crippen LogP contribution < -0.4 is 4.74 Å². The van der Waals surface area contributed by atoms with Gasteiger partial charge in [-0.1, -0.05) is 18.2 Å². The molecule has 0 fully saturated rings. The maximum atomic E-state index is 9.03. The van der Waals surface area contributed by atoms with Gasteiger partial charge in [0.1, 0.15) is 5.75 Å². The van der Waals surface area contributed by atoms with Crippen molar-refractivity contribution in [3.05, 3.63) is 30.3 Å². The average Bonchev–Trinajstić information content (AvgIpc) is 2.04. The molecule has 0 amide bonds. The molecule has 0 radical (unpaired) electrons. The zero-order valence-electron chi connectivity index (χ0n) is 7.43. The van der Waals surface area contributed by atoms with Crippen molar-refractivity contribution >= 4 is 17.3 Å². The van der Waals surface area contributed by atoms with Gasteiger partial charge in [0.2, 0.25) is 0 Å². The van der Waals surface area contributed by atoms with E-state index in [1.165, 1.54) is 0 Å². The Labute approximate surface area is 83.2 Å². The summed E-state index contributed by atoms with van der Waals surface area (Å²) in [5, 5.41) is 9.45. The molecule has 2 nitrogen and oxygen atoms in total. The van der Waals surface area contributed by atoms with E-state index in [9.17, 15) is 0 Å². The molecule has 0 aliphatic rings. The fourth-order valence-corrected chi connectivity index (χ4v) is 1.24. The van der Waals surface area contributed by atoms with E-state index in [2.05, 4.69) is 0 Å². The van der Waals surface area contributed by atoms with Crippen LogP contribution in [0.25, 0.3) is 0 Å². The lowest BCUT2D eigenvalue weighted by Gasteiger charge is -2.07. The third kappa shape index (κ3) is 4.01. The Hall–Kier alpha value is -0.930. The molecule has 3 heteroatoms. The van der Waals surface area contributed by atoms with Gasteiger partial charge in [0.25, 0.3) is 0 Å². The maximum absolute atomic E-state index is 9.03. The Morgan fingerprint density at radius 2 is 2.08 bits per heavy atom. The van der Waals surface area contributed by atoms with E-state index < -0.39 is 6.10 Å². The summed E-state index contributed by atoms with van der Waals surface area (Å²) in [4.78, 5) is 0. The minimum Gasteiger partial charge on any atom is -0.450 e. The second-order valence-corrected chi connectivity index (χ2v) is 3.30. The molecule has 1 aromatic carbocycles. The van der Waals surface area contributed by atoms with Gasteiger partial charge in [0, 0.05) is 6.42 Å². The predicted molar refractivity (Wildman–Crippen MR) is 56.0 cm³/mol. The minimum absolute atomic E-state index is 0.393. The lowest BCUT2D eigenvalue weighted by Crippen LogP contribution is -2.12. The highest BCUT2D eigenvalue weighted by molar-refractivity contribution is 7.80. The summed E-state index contributed by atoms with van der Waals surface area (Å²) in [6.45, 7) is 1.68. The summed E-state index contributed by atoms with van der Waals surface area (Å²) < 4.78 is 5.30. The molecule has 0 bridgehead atoms. The highest BCUT2D eigenvalue weighted by Gasteiger charge is 2.03. The molecule has 0 saturated heterocycles. The maximum Gasteiger partial charge on any atom is 0.169 e.